The minimum Gasteiger partial charge on any atom is -0.360 e. The molecule has 0 aliphatic carbocycles. The molecule has 0 aliphatic heterocycles. The SMILES string of the molecule is CNC(=O)C(C)NC(=O)c1c[nH]c2cc(NS(=O)(=O)c3cc(Cl)cc(Cl)c3)ccc12. The molecule has 1 unspecified atom stereocenters. The van der Waals surface area contributed by atoms with E-state index in [4.69, 9.17) is 23.2 Å². The normalized spacial score (nSPS) is 12.4. The molecule has 4 N–H and O–H groups in total. The molecule has 0 fully saturated rings. The van der Waals surface area contributed by atoms with E-state index < -0.39 is 22.0 Å². The molecular weight excluding hydrogens is 451 g/mol. The fraction of sp³-hybridized carbons (Fsp3) is 0.158. The molecule has 0 aliphatic rings. The highest BCUT2D eigenvalue weighted by molar-refractivity contribution is 7.92. The quantitative estimate of drug-likeness (QED) is 0.443. The van der Waals surface area contributed by atoms with Crippen LogP contribution in [0.2, 0.25) is 10.0 Å². The van der Waals surface area contributed by atoms with Gasteiger partial charge in [0.2, 0.25) is 5.91 Å². The molecular formula is C19H18Cl2N4O4S. The molecule has 0 spiro atoms. The van der Waals surface area contributed by atoms with Crippen molar-refractivity contribution in [3.8, 4) is 0 Å². The topological polar surface area (TPSA) is 120 Å². The van der Waals surface area contributed by atoms with Gasteiger partial charge < -0.3 is 15.6 Å². The van der Waals surface area contributed by atoms with E-state index in [-0.39, 0.29) is 26.5 Å². The Kier molecular flexibility index (Phi) is 6.25. The molecule has 2 amide bonds. The van der Waals surface area contributed by atoms with Gasteiger partial charge in [-0.05, 0) is 43.3 Å². The molecule has 0 saturated heterocycles. The molecule has 3 rings (SSSR count). The van der Waals surface area contributed by atoms with Crippen LogP contribution in [0.15, 0.2) is 47.5 Å². The van der Waals surface area contributed by atoms with Crippen LogP contribution in [0.4, 0.5) is 5.69 Å². The van der Waals surface area contributed by atoms with Crippen molar-refractivity contribution in [2.45, 2.75) is 17.9 Å². The van der Waals surface area contributed by atoms with Gasteiger partial charge in [0.1, 0.15) is 6.04 Å². The Balaban J connectivity index is 1.85. The molecule has 1 aromatic heterocycles. The van der Waals surface area contributed by atoms with Crippen LogP contribution in [0.25, 0.3) is 10.9 Å². The lowest BCUT2D eigenvalue weighted by molar-refractivity contribution is -0.122. The minimum absolute atomic E-state index is 0.0742. The van der Waals surface area contributed by atoms with Gasteiger partial charge in [0.15, 0.2) is 0 Å². The number of rotatable bonds is 6. The molecule has 30 heavy (non-hydrogen) atoms. The Hall–Kier alpha value is -2.75. The van der Waals surface area contributed by atoms with Crippen LogP contribution in [0, 0.1) is 0 Å². The number of hydrogen-bond acceptors (Lipinski definition) is 4. The Morgan fingerprint density at radius 3 is 2.37 bits per heavy atom. The van der Waals surface area contributed by atoms with E-state index in [1.54, 1.807) is 19.1 Å². The Morgan fingerprint density at radius 1 is 1.07 bits per heavy atom. The van der Waals surface area contributed by atoms with Crippen molar-refractivity contribution < 1.29 is 18.0 Å². The molecule has 11 heteroatoms. The summed E-state index contributed by atoms with van der Waals surface area (Å²) in [6.45, 7) is 1.57. The first kappa shape index (κ1) is 21.9. The number of fused-ring (bicyclic) bond motifs is 1. The predicted octanol–water partition coefficient (Wildman–Crippen LogP) is 3.14. The first-order valence-electron chi connectivity index (χ1n) is 8.73. The Bertz CT molecular complexity index is 1220. The van der Waals surface area contributed by atoms with Crippen molar-refractivity contribution in [3.63, 3.8) is 0 Å². The van der Waals surface area contributed by atoms with E-state index in [1.807, 2.05) is 0 Å². The van der Waals surface area contributed by atoms with Crippen molar-refractivity contribution in [3.05, 3.63) is 58.2 Å². The maximum absolute atomic E-state index is 12.6. The summed E-state index contributed by atoms with van der Waals surface area (Å²) in [5.74, 6) is -0.750. The fourth-order valence-corrected chi connectivity index (χ4v) is 4.61. The lowest BCUT2D eigenvalue weighted by Gasteiger charge is -2.12. The van der Waals surface area contributed by atoms with Gasteiger partial charge in [-0.25, -0.2) is 8.42 Å². The van der Waals surface area contributed by atoms with Gasteiger partial charge in [-0.1, -0.05) is 23.2 Å². The van der Waals surface area contributed by atoms with Crippen LogP contribution in [0.5, 0.6) is 0 Å². The van der Waals surface area contributed by atoms with E-state index in [1.165, 1.54) is 37.5 Å². The number of aromatic amines is 1. The molecule has 3 aromatic rings. The summed E-state index contributed by atoms with van der Waals surface area (Å²) in [5.41, 5.74) is 1.15. The maximum atomic E-state index is 12.6. The monoisotopic (exact) mass is 468 g/mol. The zero-order valence-corrected chi connectivity index (χ0v) is 18.2. The number of aromatic nitrogens is 1. The van der Waals surface area contributed by atoms with Crippen molar-refractivity contribution in [1.29, 1.82) is 0 Å². The summed E-state index contributed by atoms with van der Waals surface area (Å²) in [6.07, 6.45) is 1.49. The van der Waals surface area contributed by atoms with Gasteiger partial charge in [-0.2, -0.15) is 0 Å². The average molecular weight is 469 g/mol. The highest BCUT2D eigenvalue weighted by atomic mass is 35.5. The summed E-state index contributed by atoms with van der Waals surface area (Å²) in [7, 11) is -2.44. The lowest BCUT2D eigenvalue weighted by atomic mass is 10.1. The molecule has 2 aromatic carbocycles. The van der Waals surface area contributed by atoms with E-state index in [9.17, 15) is 18.0 Å². The number of carbonyl (C=O) groups excluding carboxylic acids is 2. The second kappa shape index (κ2) is 8.55. The van der Waals surface area contributed by atoms with E-state index in [0.717, 1.165) is 0 Å². The van der Waals surface area contributed by atoms with Crippen LogP contribution in [-0.2, 0) is 14.8 Å². The van der Waals surface area contributed by atoms with Gasteiger partial charge >= 0.3 is 0 Å². The van der Waals surface area contributed by atoms with Crippen molar-refractivity contribution in [2.24, 2.45) is 0 Å². The third-order valence-corrected chi connectivity index (χ3v) is 6.11. The molecule has 1 atom stereocenters. The zero-order valence-electron chi connectivity index (χ0n) is 15.9. The maximum Gasteiger partial charge on any atom is 0.261 e. The lowest BCUT2D eigenvalue weighted by Crippen LogP contribution is -2.43. The number of carbonyl (C=O) groups is 2. The summed E-state index contributed by atoms with van der Waals surface area (Å²) < 4.78 is 27.7. The number of anilines is 1. The number of amides is 2. The number of halogens is 2. The largest absolute Gasteiger partial charge is 0.360 e. The van der Waals surface area contributed by atoms with Gasteiger partial charge in [0.05, 0.1) is 16.1 Å². The molecule has 158 valence electrons. The van der Waals surface area contributed by atoms with Crippen LogP contribution in [0.1, 0.15) is 17.3 Å². The summed E-state index contributed by atoms with van der Waals surface area (Å²) in [6, 6.07) is 8.00. The summed E-state index contributed by atoms with van der Waals surface area (Å²) in [5, 5.41) is 6.03. The number of H-pyrrole nitrogens is 1. The molecule has 1 heterocycles. The van der Waals surface area contributed by atoms with Gasteiger partial charge in [-0.3, -0.25) is 14.3 Å². The van der Waals surface area contributed by atoms with E-state index >= 15 is 0 Å². The number of sulfonamides is 1. The number of hydrogen-bond donors (Lipinski definition) is 4. The first-order chi connectivity index (χ1) is 14.1. The van der Waals surface area contributed by atoms with Crippen molar-refractivity contribution >= 4 is 61.6 Å². The number of benzene rings is 2. The second-order valence-corrected chi connectivity index (χ2v) is 9.04. The van der Waals surface area contributed by atoms with Gasteiger partial charge in [0.25, 0.3) is 15.9 Å². The predicted molar refractivity (Wildman–Crippen MR) is 117 cm³/mol. The first-order valence-corrected chi connectivity index (χ1v) is 11.0. The van der Waals surface area contributed by atoms with Crippen molar-refractivity contribution in [2.75, 3.05) is 11.8 Å². The standard InChI is InChI=1S/C19H18Cl2N4O4S/c1-10(18(26)22-2)24-19(27)16-9-23-17-8-13(3-4-15(16)17)25-30(28,29)14-6-11(20)5-12(21)7-14/h3-10,23,25H,1-2H3,(H,22,26)(H,24,27). The highest BCUT2D eigenvalue weighted by Crippen LogP contribution is 2.26. The Morgan fingerprint density at radius 2 is 1.73 bits per heavy atom. The van der Waals surface area contributed by atoms with Crippen LogP contribution in [0.3, 0.4) is 0 Å². The van der Waals surface area contributed by atoms with E-state index in [0.29, 0.717) is 16.5 Å². The number of likely N-dealkylation sites (N-methyl/N-ethyl adjacent to an activating group) is 1. The highest BCUT2D eigenvalue weighted by Gasteiger charge is 2.19. The minimum atomic E-state index is -3.92. The third kappa shape index (κ3) is 4.69. The molecule has 8 nitrogen and oxygen atoms in total. The summed E-state index contributed by atoms with van der Waals surface area (Å²) in [4.78, 5) is 26.9. The van der Waals surface area contributed by atoms with Crippen LogP contribution < -0.4 is 15.4 Å². The van der Waals surface area contributed by atoms with Gasteiger partial charge in [-0.15, -0.1) is 0 Å². The third-order valence-electron chi connectivity index (χ3n) is 4.31. The van der Waals surface area contributed by atoms with Crippen LogP contribution in [-0.4, -0.2) is 38.3 Å². The smallest absolute Gasteiger partial charge is 0.261 e. The van der Waals surface area contributed by atoms with E-state index in [2.05, 4.69) is 20.3 Å². The molecule has 0 radical (unpaired) electrons. The van der Waals surface area contributed by atoms with Crippen LogP contribution >= 0.6 is 23.2 Å². The van der Waals surface area contributed by atoms with Crippen molar-refractivity contribution in [1.82, 2.24) is 15.6 Å². The number of nitrogens with one attached hydrogen (secondary N) is 4. The van der Waals surface area contributed by atoms with Gasteiger partial charge in [0, 0.05) is 34.2 Å². The zero-order chi connectivity index (χ0) is 22.1. The summed E-state index contributed by atoms with van der Waals surface area (Å²) >= 11 is 11.8. The molecule has 0 bridgehead atoms. The Labute approximate surface area is 183 Å². The fourth-order valence-electron chi connectivity index (χ4n) is 2.83. The molecule has 0 saturated carbocycles. The average Bonchev–Trinajstić information content (AvgIpc) is 3.09. The second-order valence-electron chi connectivity index (χ2n) is 6.48.